The van der Waals surface area contributed by atoms with Crippen molar-refractivity contribution in [3.8, 4) is 0 Å². The van der Waals surface area contributed by atoms with Gasteiger partial charge in [-0.2, -0.15) is 0 Å². The number of carbonyl (C=O) groups excluding carboxylic acids is 1. The van der Waals surface area contributed by atoms with Gasteiger partial charge in [0, 0.05) is 25.2 Å². The van der Waals surface area contributed by atoms with Gasteiger partial charge in [0.1, 0.15) is 11.4 Å². The first-order valence-corrected chi connectivity index (χ1v) is 8.51. The molecule has 27 heavy (non-hydrogen) atoms. The van der Waals surface area contributed by atoms with Gasteiger partial charge in [-0.3, -0.25) is 29.9 Å². The fourth-order valence-electron chi connectivity index (χ4n) is 3.23. The zero-order valence-electron chi connectivity index (χ0n) is 14.1. The fraction of sp³-hybridized carbons (Fsp3) is 0.235. The Labute approximate surface area is 158 Å². The molecule has 0 saturated heterocycles. The summed E-state index contributed by atoms with van der Waals surface area (Å²) in [5, 5.41) is 23.6. The Balaban J connectivity index is 0.000000159. The molecule has 2 aromatic carbocycles. The van der Waals surface area contributed by atoms with Crippen LogP contribution in [0.5, 0.6) is 0 Å². The molecule has 0 aliphatic carbocycles. The lowest BCUT2D eigenvalue weighted by Gasteiger charge is -2.12. The Morgan fingerprint density at radius 2 is 1.63 bits per heavy atom. The number of para-hydroxylation sites is 2. The molecule has 0 radical (unpaired) electrons. The summed E-state index contributed by atoms with van der Waals surface area (Å²) in [7, 11) is 0. The van der Waals surface area contributed by atoms with Crippen molar-refractivity contribution in [2.75, 3.05) is 23.3 Å². The third-order valence-corrected chi connectivity index (χ3v) is 4.61. The summed E-state index contributed by atoms with van der Waals surface area (Å²) < 4.78 is 0. The van der Waals surface area contributed by atoms with Crippen LogP contribution in [0.1, 0.15) is 11.1 Å². The van der Waals surface area contributed by atoms with E-state index >= 15 is 0 Å². The van der Waals surface area contributed by atoms with E-state index in [4.69, 9.17) is 11.6 Å². The average molecular weight is 391 g/mol. The van der Waals surface area contributed by atoms with Crippen LogP contribution in [0.3, 0.4) is 0 Å². The molecule has 1 N–H and O–H groups in total. The van der Waals surface area contributed by atoms with Gasteiger partial charge in [-0.15, -0.1) is 0 Å². The van der Waals surface area contributed by atoms with Crippen LogP contribution >= 0.6 is 11.6 Å². The van der Waals surface area contributed by atoms with Crippen molar-refractivity contribution in [1.82, 2.24) is 0 Å². The summed E-state index contributed by atoms with van der Waals surface area (Å²) in [6.45, 7) is 1.21. The normalized spacial score (nSPS) is 13.7. The molecule has 0 spiro atoms. The molecule has 2 aliphatic heterocycles. The zero-order valence-corrected chi connectivity index (χ0v) is 14.8. The molecule has 0 fully saturated rings. The number of fused-ring (bicyclic) bond motifs is 2. The molecule has 0 unspecified atom stereocenters. The molecule has 4 rings (SSSR count). The van der Waals surface area contributed by atoms with E-state index in [1.54, 1.807) is 18.2 Å². The predicted octanol–water partition coefficient (Wildman–Crippen LogP) is 3.88. The highest BCUT2D eigenvalue weighted by Crippen LogP contribution is 2.37. The van der Waals surface area contributed by atoms with Crippen molar-refractivity contribution < 1.29 is 14.6 Å². The highest BCUT2D eigenvalue weighted by atomic mass is 35.5. The minimum atomic E-state index is -0.678. The highest BCUT2D eigenvalue weighted by Gasteiger charge is 2.30. The van der Waals surface area contributed by atoms with E-state index in [9.17, 15) is 25.0 Å². The standard InChI is InChI=1S/C9H7ClN2O3.C8H8N2O2/c10-9(13)11-5-4-6-2-1-3-7(8(6)11)12(14)15;11-10(12)7-3-1-2-6-4-5-9-8(6)7/h1-3H,4-5H2;1-3,9H,4-5H2. The van der Waals surface area contributed by atoms with Crippen LogP contribution in [0.15, 0.2) is 36.4 Å². The second-order valence-electron chi connectivity index (χ2n) is 5.94. The quantitative estimate of drug-likeness (QED) is 0.359. The van der Waals surface area contributed by atoms with Gasteiger partial charge in [0.15, 0.2) is 0 Å². The van der Waals surface area contributed by atoms with Gasteiger partial charge in [-0.25, -0.2) is 0 Å². The van der Waals surface area contributed by atoms with E-state index in [2.05, 4.69) is 5.32 Å². The molecule has 9 nitrogen and oxygen atoms in total. The maximum atomic E-state index is 11.1. The molecule has 0 atom stereocenters. The second kappa shape index (κ2) is 7.58. The number of amides is 1. The van der Waals surface area contributed by atoms with E-state index in [-0.39, 0.29) is 16.3 Å². The summed E-state index contributed by atoms with van der Waals surface area (Å²) >= 11 is 5.35. The van der Waals surface area contributed by atoms with E-state index < -0.39 is 10.3 Å². The van der Waals surface area contributed by atoms with Gasteiger partial charge in [0.2, 0.25) is 0 Å². The van der Waals surface area contributed by atoms with Crippen LogP contribution in [-0.4, -0.2) is 28.3 Å². The van der Waals surface area contributed by atoms with E-state index in [0.717, 1.165) is 24.1 Å². The molecule has 1 amide bonds. The van der Waals surface area contributed by atoms with E-state index in [1.165, 1.54) is 17.0 Å². The summed E-state index contributed by atoms with van der Waals surface area (Å²) in [6, 6.07) is 9.92. The fourth-order valence-corrected chi connectivity index (χ4v) is 3.40. The van der Waals surface area contributed by atoms with Gasteiger partial charge in [0.25, 0.3) is 11.4 Å². The van der Waals surface area contributed by atoms with Gasteiger partial charge in [0.05, 0.1) is 9.85 Å². The van der Waals surface area contributed by atoms with Crippen LogP contribution in [-0.2, 0) is 12.8 Å². The number of nitrogens with zero attached hydrogens (tertiary/aromatic N) is 3. The molecular weight excluding hydrogens is 376 g/mol. The summed E-state index contributed by atoms with van der Waals surface area (Å²) in [5.74, 6) is 0. The van der Waals surface area contributed by atoms with Crippen LogP contribution < -0.4 is 10.2 Å². The molecule has 0 aromatic heterocycles. The highest BCUT2D eigenvalue weighted by molar-refractivity contribution is 6.66. The molecule has 2 aromatic rings. The monoisotopic (exact) mass is 390 g/mol. The Bertz CT molecular complexity index is 934. The maximum absolute atomic E-state index is 11.1. The van der Waals surface area contributed by atoms with Crippen molar-refractivity contribution in [1.29, 1.82) is 0 Å². The van der Waals surface area contributed by atoms with Gasteiger partial charge >= 0.3 is 5.37 Å². The largest absolute Gasteiger partial charge is 0.379 e. The number of nitrogens with one attached hydrogen (secondary N) is 1. The lowest BCUT2D eigenvalue weighted by molar-refractivity contribution is -0.384. The van der Waals surface area contributed by atoms with Crippen molar-refractivity contribution in [2.45, 2.75) is 12.8 Å². The van der Waals surface area contributed by atoms with Crippen LogP contribution in [0, 0.1) is 20.2 Å². The van der Waals surface area contributed by atoms with Crippen molar-refractivity contribution in [3.63, 3.8) is 0 Å². The summed E-state index contributed by atoms with van der Waals surface area (Å²) in [4.78, 5) is 32.7. The maximum Gasteiger partial charge on any atom is 0.321 e. The molecule has 2 aliphatic rings. The van der Waals surface area contributed by atoms with Crippen LogP contribution in [0.2, 0.25) is 0 Å². The molecule has 0 bridgehead atoms. The number of rotatable bonds is 2. The number of halogens is 1. The average Bonchev–Trinajstić information content (AvgIpc) is 3.28. The number of hydrogen-bond acceptors (Lipinski definition) is 6. The number of nitro benzene ring substituents is 2. The molecule has 2 heterocycles. The molecule has 140 valence electrons. The zero-order chi connectivity index (χ0) is 19.6. The smallest absolute Gasteiger partial charge is 0.321 e. The molecule has 10 heteroatoms. The Morgan fingerprint density at radius 1 is 1.00 bits per heavy atom. The van der Waals surface area contributed by atoms with Crippen molar-refractivity contribution in [2.24, 2.45) is 0 Å². The first kappa shape index (κ1) is 18.6. The van der Waals surface area contributed by atoms with Crippen LogP contribution in [0.25, 0.3) is 0 Å². The summed E-state index contributed by atoms with van der Waals surface area (Å²) in [5.41, 5.74) is 2.98. The Kier molecular flexibility index (Phi) is 5.22. The van der Waals surface area contributed by atoms with Crippen molar-refractivity contribution in [3.05, 3.63) is 67.8 Å². The Hall–Kier alpha value is -3.20. The third-order valence-electron chi connectivity index (χ3n) is 4.40. The minimum absolute atomic E-state index is 0.0704. The lowest BCUT2D eigenvalue weighted by Crippen LogP contribution is -2.23. The van der Waals surface area contributed by atoms with Crippen molar-refractivity contribution >= 4 is 39.7 Å². The van der Waals surface area contributed by atoms with Gasteiger partial charge in [-0.05, 0) is 35.6 Å². The summed E-state index contributed by atoms with van der Waals surface area (Å²) in [6.07, 6.45) is 1.49. The van der Waals surface area contributed by atoms with Crippen LogP contribution in [0.4, 0.5) is 27.5 Å². The minimum Gasteiger partial charge on any atom is -0.379 e. The third kappa shape index (κ3) is 3.68. The number of carbonyl (C=O) groups is 1. The first-order chi connectivity index (χ1) is 12.9. The van der Waals surface area contributed by atoms with E-state index in [0.29, 0.717) is 24.3 Å². The lowest BCUT2D eigenvalue weighted by atomic mass is 10.1. The SMILES string of the molecule is O=C(Cl)N1CCc2cccc([N+](=O)[O-])c21.O=[N+]([O-])c1cccc2c1NCC2. The number of benzene rings is 2. The second-order valence-corrected chi connectivity index (χ2v) is 6.27. The number of nitro groups is 2. The first-order valence-electron chi connectivity index (χ1n) is 8.13. The Morgan fingerprint density at radius 3 is 2.26 bits per heavy atom. The predicted molar refractivity (Wildman–Crippen MR) is 101 cm³/mol. The topological polar surface area (TPSA) is 119 Å². The number of anilines is 2. The van der Waals surface area contributed by atoms with Gasteiger partial charge in [-0.1, -0.05) is 24.3 Å². The van der Waals surface area contributed by atoms with E-state index in [1.807, 2.05) is 6.07 Å². The molecule has 0 saturated carbocycles. The van der Waals surface area contributed by atoms with Gasteiger partial charge < -0.3 is 5.32 Å². The number of hydrogen-bond donors (Lipinski definition) is 1. The molecular formula is C17H15ClN4O5.